The van der Waals surface area contributed by atoms with Crippen LogP contribution in [0.1, 0.15) is 91.4 Å². The highest BCUT2D eigenvalue weighted by Gasteiger charge is 2.60. The molecule has 0 aliphatic heterocycles. The molecule has 0 heterocycles. The fourth-order valence-electron chi connectivity index (χ4n) is 8.76. The summed E-state index contributed by atoms with van der Waals surface area (Å²) in [7, 11) is 0. The van der Waals surface area contributed by atoms with E-state index in [0.29, 0.717) is 29.1 Å². The average Bonchev–Trinajstić information content (AvgIpc) is 2.97. The maximum Gasteiger partial charge on any atom is 0.303 e. The van der Waals surface area contributed by atoms with Crippen LogP contribution in [0.15, 0.2) is 0 Å². The van der Waals surface area contributed by atoms with Crippen LogP contribution in [0.2, 0.25) is 0 Å². The summed E-state index contributed by atoms with van der Waals surface area (Å²) in [6.07, 6.45) is 12.4. The number of hydrogen-bond donors (Lipinski definition) is 2. The Balaban J connectivity index is 1.51. The van der Waals surface area contributed by atoms with Crippen LogP contribution in [0.4, 0.5) is 0 Å². The number of carbonyl (C=O) groups is 1. The lowest BCUT2D eigenvalue weighted by molar-refractivity contribution is -0.138. The second-order valence-corrected chi connectivity index (χ2v) is 11.2. The molecule has 9 atom stereocenters. The van der Waals surface area contributed by atoms with Crippen molar-refractivity contribution in [1.29, 1.82) is 0 Å². The lowest BCUT2D eigenvalue weighted by Gasteiger charge is -2.61. The number of carboxylic acids is 1. The van der Waals surface area contributed by atoms with E-state index in [1.165, 1.54) is 44.9 Å². The molecule has 4 aliphatic carbocycles. The van der Waals surface area contributed by atoms with Gasteiger partial charge in [0.05, 0.1) is 6.10 Å². The van der Waals surface area contributed by atoms with Gasteiger partial charge in [0.15, 0.2) is 0 Å². The highest BCUT2D eigenvalue weighted by molar-refractivity contribution is 5.66. The molecule has 0 amide bonds. The van der Waals surface area contributed by atoms with Gasteiger partial charge in [-0.1, -0.05) is 20.8 Å². The lowest BCUT2D eigenvalue weighted by atomic mass is 9.44. The van der Waals surface area contributed by atoms with Crippen molar-refractivity contribution in [2.45, 2.75) is 97.5 Å². The molecule has 0 aromatic heterocycles. The van der Waals surface area contributed by atoms with Gasteiger partial charge >= 0.3 is 5.97 Å². The van der Waals surface area contributed by atoms with Crippen molar-refractivity contribution in [2.24, 2.45) is 46.3 Å². The first-order valence-corrected chi connectivity index (χ1v) is 11.7. The van der Waals surface area contributed by atoms with Crippen LogP contribution in [0.3, 0.4) is 0 Å². The molecule has 3 nitrogen and oxygen atoms in total. The highest BCUT2D eigenvalue weighted by Crippen LogP contribution is 2.68. The Morgan fingerprint density at radius 2 is 1.70 bits per heavy atom. The monoisotopic (exact) mass is 376 g/mol. The third-order valence-corrected chi connectivity index (χ3v) is 10.2. The first kappa shape index (κ1) is 19.7. The van der Waals surface area contributed by atoms with Crippen molar-refractivity contribution >= 4 is 5.97 Å². The smallest absolute Gasteiger partial charge is 0.303 e. The van der Waals surface area contributed by atoms with Crippen LogP contribution in [0, 0.1) is 46.3 Å². The maximum absolute atomic E-state index is 11.0. The SMILES string of the molecule is CC(CCC(=O)O)[C@H]1CCC2[C@@H]3CC[C@@H]4CC(O)CC[C@]4(C)C3CC[C@@]21C. The summed E-state index contributed by atoms with van der Waals surface area (Å²) in [4.78, 5) is 11.0. The molecule has 3 heteroatoms. The quantitative estimate of drug-likeness (QED) is 0.680. The van der Waals surface area contributed by atoms with Crippen LogP contribution in [0.25, 0.3) is 0 Å². The van der Waals surface area contributed by atoms with E-state index in [0.717, 1.165) is 42.9 Å². The Morgan fingerprint density at radius 3 is 2.44 bits per heavy atom. The minimum absolute atomic E-state index is 0.0561. The molecule has 0 spiro atoms. The van der Waals surface area contributed by atoms with Crippen LogP contribution in [-0.4, -0.2) is 22.3 Å². The van der Waals surface area contributed by atoms with Crippen LogP contribution >= 0.6 is 0 Å². The van der Waals surface area contributed by atoms with Crippen molar-refractivity contribution in [2.75, 3.05) is 0 Å². The number of fused-ring (bicyclic) bond motifs is 5. The van der Waals surface area contributed by atoms with Crippen molar-refractivity contribution in [3.63, 3.8) is 0 Å². The number of hydrogen-bond acceptors (Lipinski definition) is 2. The topological polar surface area (TPSA) is 57.5 Å². The summed E-state index contributed by atoms with van der Waals surface area (Å²) in [6, 6.07) is 0. The third kappa shape index (κ3) is 3.16. The number of carboxylic acid groups (broad SMARTS) is 1. The third-order valence-electron chi connectivity index (χ3n) is 10.2. The summed E-state index contributed by atoms with van der Waals surface area (Å²) < 4.78 is 0. The van der Waals surface area contributed by atoms with Crippen LogP contribution in [0.5, 0.6) is 0 Å². The van der Waals surface area contributed by atoms with E-state index in [2.05, 4.69) is 20.8 Å². The number of aliphatic hydroxyl groups is 1. The van der Waals surface area contributed by atoms with Crippen molar-refractivity contribution in [1.82, 2.24) is 0 Å². The van der Waals surface area contributed by atoms with Gasteiger partial charge in [-0.2, -0.15) is 0 Å². The number of aliphatic carboxylic acids is 1. The first-order valence-electron chi connectivity index (χ1n) is 11.7. The summed E-state index contributed by atoms with van der Waals surface area (Å²) in [5, 5.41) is 19.3. The molecule has 4 aliphatic rings. The molecule has 4 unspecified atom stereocenters. The molecule has 4 rings (SSSR count). The molecule has 154 valence electrons. The molecule has 0 aromatic rings. The Morgan fingerprint density at radius 1 is 1.00 bits per heavy atom. The maximum atomic E-state index is 11.0. The first-order chi connectivity index (χ1) is 12.8. The van der Waals surface area contributed by atoms with E-state index in [-0.39, 0.29) is 6.10 Å². The van der Waals surface area contributed by atoms with E-state index in [9.17, 15) is 9.90 Å². The second kappa shape index (κ2) is 7.04. The summed E-state index contributed by atoms with van der Waals surface area (Å²) in [5.74, 6) is 3.91. The Labute approximate surface area is 165 Å². The minimum Gasteiger partial charge on any atom is -0.481 e. The molecule has 4 fully saturated rings. The molecule has 4 saturated carbocycles. The molecule has 0 bridgehead atoms. The number of rotatable bonds is 4. The van der Waals surface area contributed by atoms with E-state index < -0.39 is 5.97 Å². The van der Waals surface area contributed by atoms with Gasteiger partial charge in [0, 0.05) is 6.42 Å². The molecular formula is C24H40O3. The molecule has 0 radical (unpaired) electrons. The normalized spacial score (nSPS) is 50.4. The predicted molar refractivity (Wildman–Crippen MR) is 107 cm³/mol. The molecular weight excluding hydrogens is 336 g/mol. The van der Waals surface area contributed by atoms with Crippen LogP contribution in [-0.2, 0) is 4.79 Å². The lowest BCUT2D eigenvalue weighted by Crippen LogP contribution is -2.54. The predicted octanol–water partition coefficient (Wildman–Crippen LogP) is 5.51. The standard InChI is InChI=1S/C24H40O3/c1-15(4-9-22(26)27)19-7-8-20-18-6-5-16-14-17(25)10-12-23(16,2)21(18)11-13-24(19,20)3/h15-21,25H,4-14H2,1-3H3,(H,26,27)/t15?,16-,17?,18+,19-,20?,21?,23+,24-/m1/s1. The Kier molecular flexibility index (Phi) is 5.15. The zero-order valence-electron chi connectivity index (χ0n) is 17.6. The van der Waals surface area contributed by atoms with Gasteiger partial charge in [0.1, 0.15) is 0 Å². The van der Waals surface area contributed by atoms with Crippen molar-refractivity contribution in [3.8, 4) is 0 Å². The van der Waals surface area contributed by atoms with Gasteiger partial charge < -0.3 is 10.2 Å². The van der Waals surface area contributed by atoms with Gasteiger partial charge in [-0.3, -0.25) is 4.79 Å². The van der Waals surface area contributed by atoms with Gasteiger partial charge in [0.2, 0.25) is 0 Å². The molecule has 27 heavy (non-hydrogen) atoms. The van der Waals surface area contributed by atoms with E-state index in [4.69, 9.17) is 5.11 Å². The van der Waals surface area contributed by atoms with E-state index in [1.54, 1.807) is 0 Å². The van der Waals surface area contributed by atoms with Gasteiger partial charge in [-0.15, -0.1) is 0 Å². The molecule has 2 N–H and O–H groups in total. The van der Waals surface area contributed by atoms with Crippen molar-refractivity contribution in [3.05, 3.63) is 0 Å². The summed E-state index contributed by atoms with van der Waals surface area (Å²) >= 11 is 0. The fourth-order valence-corrected chi connectivity index (χ4v) is 8.76. The molecule has 0 aromatic carbocycles. The fraction of sp³-hybridized carbons (Fsp3) is 0.958. The minimum atomic E-state index is -0.643. The highest BCUT2D eigenvalue weighted by atomic mass is 16.4. The van der Waals surface area contributed by atoms with E-state index in [1.807, 2.05) is 0 Å². The van der Waals surface area contributed by atoms with Gasteiger partial charge in [-0.05, 0) is 111 Å². The summed E-state index contributed by atoms with van der Waals surface area (Å²) in [5.41, 5.74) is 0.882. The van der Waals surface area contributed by atoms with Crippen molar-refractivity contribution < 1.29 is 15.0 Å². The van der Waals surface area contributed by atoms with Gasteiger partial charge in [-0.25, -0.2) is 0 Å². The number of aliphatic hydroxyl groups excluding tert-OH is 1. The van der Waals surface area contributed by atoms with Crippen LogP contribution < -0.4 is 0 Å². The zero-order chi connectivity index (χ0) is 19.4. The average molecular weight is 377 g/mol. The van der Waals surface area contributed by atoms with E-state index >= 15 is 0 Å². The molecule has 0 saturated heterocycles. The summed E-state index contributed by atoms with van der Waals surface area (Å²) in [6.45, 7) is 7.43. The van der Waals surface area contributed by atoms with Gasteiger partial charge in [0.25, 0.3) is 0 Å². The Bertz CT molecular complexity index is 574. The zero-order valence-corrected chi connectivity index (χ0v) is 17.6. The Hall–Kier alpha value is -0.570. The largest absolute Gasteiger partial charge is 0.481 e. The second-order valence-electron chi connectivity index (χ2n) is 11.2.